The van der Waals surface area contributed by atoms with Crippen molar-refractivity contribution < 1.29 is 14.3 Å². The van der Waals surface area contributed by atoms with E-state index in [0.29, 0.717) is 13.0 Å². The number of hydrogen-bond acceptors (Lipinski definition) is 3. The minimum atomic E-state index is -0.907. The summed E-state index contributed by atoms with van der Waals surface area (Å²) in [6, 6.07) is 5.58. The molecule has 0 saturated heterocycles. The third-order valence-electron chi connectivity index (χ3n) is 2.84. The number of rotatable bonds is 7. The van der Waals surface area contributed by atoms with Crippen LogP contribution in [0.3, 0.4) is 0 Å². The van der Waals surface area contributed by atoms with E-state index in [1.54, 1.807) is 30.8 Å². The predicted molar refractivity (Wildman–Crippen MR) is 80.3 cm³/mol. The van der Waals surface area contributed by atoms with Gasteiger partial charge in [0.2, 0.25) is 0 Å². The van der Waals surface area contributed by atoms with Crippen molar-refractivity contribution in [3.8, 4) is 0 Å². The van der Waals surface area contributed by atoms with Crippen LogP contribution in [0.1, 0.15) is 18.9 Å². The van der Waals surface area contributed by atoms with Crippen LogP contribution in [0.2, 0.25) is 0 Å². The van der Waals surface area contributed by atoms with Gasteiger partial charge in [-0.05, 0) is 43.0 Å². The molecular formula is C14H21FN2O2S. The number of urea groups is 1. The number of hydrogen-bond donors (Lipinski definition) is 3. The molecule has 0 aromatic heterocycles. The minimum Gasteiger partial charge on any atom is -0.388 e. The van der Waals surface area contributed by atoms with Crippen LogP contribution in [-0.4, -0.2) is 35.3 Å². The molecule has 0 radical (unpaired) electrons. The van der Waals surface area contributed by atoms with Crippen molar-refractivity contribution in [2.24, 2.45) is 0 Å². The maximum absolute atomic E-state index is 12.7. The molecule has 20 heavy (non-hydrogen) atoms. The van der Waals surface area contributed by atoms with Crippen LogP contribution < -0.4 is 10.6 Å². The van der Waals surface area contributed by atoms with Crippen LogP contribution in [0, 0.1) is 5.82 Å². The van der Waals surface area contributed by atoms with Gasteiger partial charge in [-0.3, -0.25) is 0 Å². The molecule has 6 heteroatoms. The number of thioether (sulfide) groups is 1. The molecule has 0 aliphatic carbocycles. The summed E-state index contributed by atoms with van der Waals surface area (Å²) in [6.45, 7) is 2.21. The molecule has 1 aromatic rings. The second-order valence-corrected chi connectivity index (χ2v) is 5.89. The highest BCUT2D eigenvalue weighted by atomic mass is 32.2. The number of amides is 2. The Balaban J connectivity index is 2.28. The molecule has 1 rings (SSSR count). The molecule has 1 unspecified atom stereocenters. The van der Waals surface area contributed by atoms with Crippen molar-refractivity contribution in [3.05, 3.63) is 35.6 Å². The molecule has 0 fully saturated rings. The lowest BCUT2D eigenvalue weighted by Crippen LogP contribution is -2.44. The number of benzene rings is 1. The van der Waals surface area contributed by atoms with E-state index in [4.69, 9.17) is 0 Å². The van der Waals surface area contributed by atoms with Gasteiger partial charge in [0.1, 0.15) is 5.82 Å². The van der Waals surface area contributed by atoms with E-state index in [0.717, 1.165) is 11.3 Å². The zero-order valence-electron chi connectivity index (χ0n) is 11.8. The van der Waals surface area contributed by atoms with Crippen molar-refractivity contribution >= 4 is 17.8 Å². The first-order valence-corrected chi connectivity index (χ1v) is 7.80. The second kappa shape index (κ2) is 8.11. The van der Waals surface area contributed by atoms with Gasteiger partial charge in [0.15, 0.2) is 0 Å². The van der Waals surface area contributed by atoms with E-state index >= 15 is 0 Å². The Morgan fingerprint density at radius 1 is 1.35 bits per heavy atom. The Labute approximate surface area is 123 Å². The Kier molecular flexibility index (Phi) is 6.81. The molecule has 0 heterocycles. The predicted octanol–water partition coefficient (Wildman–Crippen LogP) is 2.13. The fourth-order valence-corrected chi connectivity index (χ4v) is 2.17. The summed E-state index contributed by atoms with van der Waals surface area (Å²) in [5, 5.41) is 15.3. The number of halogens is 1. The standard InChI is InChI=1S/C14H21FN2O2S/c1-14(19,7-8-20-2)10-17-13(18)16-9-11-3-5-12(15)6-4-11/h3-6,19H,7-10H2,1-2H3,(H2,16,17,18). The quantitative estimate of drug-likeness (QED) is 0.723. The first-order chi connectivity index (χ1) is 9.43. The second-order valence-electron chi connectivity index (χ2n) is 4.90. The minimum absolute atomic E-state index is 0.197. The third kappa shape index (κ3) is 6.77. The Morgan fingerprint density at radius 3 is 2.60 bits per heavy atom. The highest BCUT2D eigenvalue weighted by molar-refractivity contribution is 7.98. The molecule has 1 aromatic carbocycles. The van der Waals surface area contributed by atoms with Crippen LogP contribution in [0.15, 0.2) is 24.3 Å². The molecule has 0 saturated carbocycles. The van der Waals surface area contributed by atoms with Gasteiger partial charge in [0.25, 0.3) is 0 Å². The number of carbonyl (C=O) groups excluding carboxylic acids is 1. The molecule has 3 N–H and O–H groups in total. The van der Waals surface area contributed by atoms with Crippen LogP contribution in [0.4, 0.5) is 9.18 Å². The van der Waals surface area contributed by atoms with Crippen molar-refractivity contribution in [1.82, 2.24) is 10.6 Å². The van der Waals surface area contributed by atoms with Crippen molar-refractivity contribution in [2.75, 3.05) is 18.6 Å². The van der Waals surface area contributed by atoms with Gasteiger partial charge in [-0.1, -0.05) is 12.1 Å². The molecule has 0 aliphatic heterocycles. The third-order valence-corrected chi connectivity index (χ3v) is 3.45. The molecule has 0 aliphatic rings. The molecule has 1 atom stereocenters. The average molecular weight is 300 g/mol. The first kappa shape index (κ1) is 16.8. The lowest BCUT2D eigenvalue weighted by atomic mass is 10.0. The van der Waals surface area contributed by atoms with Gasteiger partial charge in [0.05, 0.1) is 5.60 Å². The summed E-state index contributed by atoms with van der Waals surface area (Å²) in [5.74, 6) is 0.536. The van der Waals surface area contributed by atoms with E-state index in [1.165, 1.54) is 12.1 Å². The smallest absolute Gasteiger partial charge is 0.315 e. The normalized spacial score (nSPS) is 13.6. The van der Waals surface area contributed by atoms with Gasteiger partial charge >= 0.3 is 6.03 Å². The first-order valence-electron chi connectivity index (χ1n) is 6.40. The molecular weight excluding hydrogens is 279 g/mol. The highest BCUT2D eigenvalue weighted by Crippen LogP contribution is 2.11. The van der Waals surface area contributed by atoms with E-state index < -0.39 is 5.60 Å². The Hall–Kier alpha value is -1.27. The summed E-state index contributed by atoms with van der Waals surface area (Å²) in [7, 11) is 0. The Bertz CT molecular complexity index is 424. The summed E-state index contributed by atoms with van der Waals surface area (Å²) < 4.78 is 12.7. The maximum atomic E-state index is 12.7. The van der Waals surface area contributed by atoms with Gasteiger partial charge in [-0.15, -0.1) is 0 Å². The van der Waals surface area contributed by atoms with E-state index in [2.05, 4.69) is 10.6 Å². The van der Waals surface area contributed by atoms with Crippen LogP contribution >= 0.6 is 11.8 Å². The topological polar surface area (TPSA) is 61.4 Å². The van der Waals surface area contributed by atoms with Gasteiger partial charge in [-0.2, -0.15) is 11.8 Å². The number of aliphatic hydroxyl groups is 1. The fourth-order valence-electron chi connectivity index (χ4n) is 1.53. The monoisotopic (exact) mass is 300 g/mol. The van der Waals surface area contributed by atoms with Gasteiger partial charge < -0.3 is 15.7 Å². The molecule has 0 bridgehead atoms. The summed E-state index contributed by atoms with van der Waals surface area (Å²) >= 11 is 1.65. The van der Waals surface area contributed by atoms with Crippen molar-refractivity contribution in [3.63, 3.8) is 0 Å². The van der Waals surface area contributed by atoms with Gasteiger partial charge in [-0.25, -0.2) is 9.18 Å². The largest absolute Gasteiger partial charge is 0.388 e. The molecule has 0 spiro atoms. The average Bonchev–Trinajstić information content (AvgIpc) is 2.42. The van der Waals surface area contributed by atoms with Gasteiger partial charge in [0, 0.05) is 13.1 Å². The number of nitrogens with one attached hydrogen (secondary N) is 2. The summed E-state index contributed by atoms with van der Waals surface area (Å²) in [4.78, 5) is 11.6. The Morgan fingerprint density at radius 2 is 2.00 bits per heavy atom. The van der Waals surface area contributed by atoms with E-state index in [9.17, 15) is 14.3 Å². The fraction of sp³-hybridized carbons (Fsp3) is 0.500. The maximum Gasteiger partial charge on any atom is 0.315 e. The molecule has 4 nitrogen and oxygen atoms in total. The lowest BCUT2D eigenvalue weighted by Gasteiger charge is -2.23. The zero-order valence-corrected chi connectivity index (χ0v) is 12.6. The summed E-state index contributed by atoms with van der Waals surface area (Å²) in [5.41, 5.74) is -0.0911. The highest BCUT2D eigenvalue weighted by Gasteiger charge is 2.20. The van der Waals surface area contributed by atoms with Crippen LogP contribution in [-0.2, 0) is 6.54 Å². The molecule has 112 valence electrons. The van der Waals surface area contributed by atoms with E-state index in [1.807, 2.05) is 6.26 Å². The zero-order chi connectivity index (χ0) is 15.0. The lowest BCUT2D eigenvalue weighted by molar-refractivity contribution is 0.0594. The summed E-state index contributed by atoms with van der Waals surface area (Å²) in [6.07, 6.45) is 2.59. The molecule has 2 amide bonds. The van der Waals surface area contributed by atoms with Crippen molar-refractivity contribution in [1.29, 1.82) is 0 Å². The van der Waals surface area contributed by atoms with Crippen LogP contribution in [0.25, 0.3) is 0 Å². The van der Waals surface area contributed by atoms with E-state index in [-0.39, 0.29) is 18.4 Å². The van der Waals surface area contributed by atoms with Crippen molar-refractivity contribution in [2.45, 2.75) is 25.5 Å². The SMILES string of the molecule is CSCCC(C)(O)CNC(=O)NCc1ccc(F)cc1. The number of carbonyl (C=O) groups is 1. The van der Waals surface area contributed by atoms with Crippen LogP contribution in [0.5, 0.6) is 0 Å².